The van der Waals surface area contributed by atoms with Gasteiger partial charge in [-0.05, 0) is 61.7 Å². The first-order valence-corrected chi connectivity index (χ1v) is 10.7. The van der Waals surface area contributed by atoms with Gasteiger partial charge in [-0.2, -0.15) is 4.31 Å². The lowest BCUT2D eigenvalue weighted by Crippen LogP contribution is -2.30. The summed E-state index contributed by atoms with van der Waals surface area (Å²) in [5.41, 5.74) is 3.52. The number of hydrogen-bond acceptors (Lipinski definition) is 4. The molecule has 1 amide bonds. The highest BCUT2D eigenvalue weighted by Crippen LogP contribution is 2.24. The Morgan fingerprint density at radius 2 is 1.71 bits per heavy atom. The highest BCUT2D eigenvalue weighted by atomic mass is 32.2. The highest BCUT2D eigenvalue weighted by molar-refractivity contribution is 7.89. The molecule has 0 fully saturated rings. The van der Waals surface area contributed by atoms with E-state index in [4.69, 9.17) is 4.74 Å². The second kappa shape index (κ2) is 9.21. The van der Waals surface area contributed by atoms with Crippen molar-refractivity contribution in [3.8, 4) is 5.75 Å². The van der Waals surface area contributed by atoms with E-state index in [1.807, 2.05) is 32.0 Å². The van der Waals surface area contributed by atoms with Gasteiger partial charge in [-0.15, -0.1) is 0 Å². The lowest BCUT2D eigenvalue weighted by Gasteiger charge is -2.19. The Morgan fingerprint density at radius 3 is 2.32 bits per heavy atom. The second-order valence-electron chi connectivity index (χ2n) is 6.60. The average molecular weight is 405 g/mol. The van der Waals surface area contributed by atoms with E-state index in [1.165, 1.54) is 10.4 Å². The Bertz CT molecular complexity index is 951. The molecule has 6 nitrogen and oxygen atoms in total. The first kappa shape index (κ1) is 21.9. The van der Waals surface area contributed by atoms with Crippen molar-refractivity contribution >= 4 is 21.6 Å². The fourth-order valence-corrected chi connectivity index (χ4v) is 4.42. The number of nitrogens with one attached hydrogen (secondary N) is 1. The van der Waals surface area contributed by atoms with Crippen LogP contribution in [0, 0.1) is 20.8 Å². The summed E-state index contributed by atoms with van der Waals surface area (Å²) in [5.74, 6) is 0.211. The average Bonchev–Trinajstić information content (AvgIpc) is 2.65. The summed E-state index contributed by atoms with van der Waals surface area (Å²) in [6.07, 6.45) is 0. The summed E-state index contributed by atoms with van der Waals surface area (Å²) in [6.45, 7) is 9.97. The van der Waals surface area contributed by atoms with E-state index < -0.39 is 10.0 Å². The standard InChI is InChI=1S/C21H28N2O4S/c1-6-23(7-2)28(25,26)18-11-12-20(16(4)13-18)27-14-21(24)22-19-10-8-9-15(3)17(19)5/h8-13H,6-7,14H2,1-5H3,(H,22,24). The minimum atomic E-state index is -3.52. The maximum Gasteiger partial charge on any atom is 0.262 e. The third-order valence-electron chi connectivity index (χ3n) is 4.73. The van der Waals surface area contributed by atoms with Gasteiger partial charge >= 0.3 is 0 Å². The van der Waals surface area contributed by atoms with Gasteiger partial charge < -0.3 is 10.1 Å². The molecule has 0 aliphatic carbocycles. The Kier molecular flexibility index (Phi) is 7.21. The van der Waals surface area contributed by atoms with E-state index in [1.54, 1.807) is 32.9 Å². The van der Waals surface area contributed by atoms with E-state index in [0.29, 0.717) is 24.4 Å². The zero-order valence-corrected chi connectivity index (χ0v) is 17.9. The number of carbonyl (C=O) groups is 1. The van der Waals surface area contributed by atoms with Gasteiger partial charge in [0.05, 0.1) is 4.90 Å². The van der Waals surface area contributed by atoms with Crippen molar-refractivity contribution in [1.29, 1.82) is 0 Å². The fraction of sp³-hybridized carbons (Fsp3) is 0.381. The molecule has 0 bridgehead atoms. The molecule has 0 saturated carbocycles. The molecule has 0 radical (unpaired) electrons. The summed E-state index contributed by atoms with van der Waals surface area (Å²) in [4.78, 5) is 12.4. The molecule has 7 heteroatoms. The smallest absolute Gasteiger partial charge is 0.262 e. The number of sulfonamides is 1. The van der Waals surface area contributed by atoms with Crippen molar-refractivity contribution in [2.75, 3.05) is 25.0 Å². The van der Waals surface area contributed by atoms with Crippen molar-refractivity contribution in [3.05, 3.63) is 53.1 Å². The molecular weight excluding hydrogens is 376 g/mol. The highest BCUT2D eigenvalue weighted by Gasteiger charge is 2.22. The maximum absolute atomic E-state index is 12.6. The number of ether oxygens (including phenoxy) is 1. The molecule has 0 unspecified atom stereocenters. The van der Waals surface area contributed by atoms with Gasteiger partial charge in [0.15, 0.2) is 6.61 Å². The molecule has 2 aromatic carbocycles. The summed E-state index contributed by atoms with van der Waals surface area (Å²) < 4.78 is 32.2. The number of aryl methyl sites for hydroxylation is 2. The van der Waals surface area contributed by atoms with Crippen LogP contribution in [0.15, 0.2) is 41.3 Å². The first-order valence-electron chi connectivity index (χ1n) is 9.30. The number of amides is 1. The quantitative estimate of drug-likeness (QED) is 0.728. The van der Waals surface area contributed by atoms with E-state index in [-0.39, 0.29) is 17.4 Å². The lowest BCUT2D eigenvalue weighted by atomic mass is 10.1. The summed E-state index contributed by atoms with van der Waals surface area (Å²) >= 11 is 0. The largest absolute Gasteiger partial charge is 0.483 e. The Balaban J connectivity index is 2.07. The zero-order valence-electron chi connectivity index (χ0n) is 17.1. The Labute approximate surface area is 167 Å². The molecule has 1 N–H and O–H groups in total. The van der Waals surface area contributed by atoms with E-state index in [2.05, 4.69) is 5.32 Å². The van der Waals surface area contributed by atoms with Crippen LogP contribution in [-0.4, -0.2) is 38.3 Å². The molecule has 28 heavy (non-hydrogen) atoms. The van der Waals surface area contributed by atoms with Crippen LogP contribution in [0.2, 0.25) is 0 Å². The monoisotopic (exact) mass is 404 g/mol. The van der Waals surface area contributed by atoms with Crippen LogP contribution >= 0.6 is 0 Å². The zero-order chi connectivity index (χ0) is 20.9. The molecule has 0 aromatic heterocycles. The van der Waals surface area contributed by atoms with Crippen LogP contribution in [0.25, 0.3) is 0 Å². The number of hydrogen-bond donors (Lipinski definition) is 1. The third-order valence-corrected chi connectivity index (χ3v) is 6.77. The number of nitrogens with zero attached hydrogens (tertiary/aromatic N) is 1. The van der Waals surface area contributed by atoms with E-state index in [9.17, 15) is 13.2 Å². The molecule has 0 atom stereocenters. The summed E-state index contributed by atoms with van der Waals surface area (Å²) in [7, 11) is -3.52. The molecule has 0 saturated heterocycles. The number of rotatable bonds is 8. The molecule has 0 aliphatic rings. The van der Waals surface area contributed by atoms with Gasteiger partial charge in [-0.25, -0.2) is 8.42 Å². The van der Waals surface area contributed by atoms with E-state index >= 15 is 0 Å². The van der Waals surface area contributed by atoms with Crippen molar-refractivity contribution in [3.63, 3.8) is 0 Å². The Morgan fingerprint density at radius 1 is 1.04 bits per heavy atom. The molecule has 2 rings (SSSR count). The van der Waals surface area contributed by atoms with Crippen LogP contribution < -0.4 is 10.1 Å². The lowest BCUT2D eigenvalue weighted by molar-refractivity contribution is -0.118. The summed E-state index contributed by atoms with van der Waals surface area (Å²) in [6, 6.07) is 10.4. The Hall–Kier alpha value is -2.38. The van der Waals surface area contributed by atoms with Gasteiger partial charge in [0.2, 0.25) is 10.0 Å². The minimum absolute atomic E-state index is 0.156. The van der Waals surface area contributed by atoms with Crippen molar-refractivity contribution < 1.29 is 17.9 Å². The van der Waals surface area contributed by atoms with E-state index in [0.717, 1.165) is 16.8 Å². The van der Waals surface area contributed by atoms with Crippen LogP contribution in [0.3, 0.4) is 0 Å². The van der Waals surface area contributed by atoms with Gasteiger partial charge in [0.25, 0.3) is 5.91 Å². The number of carbonyl (C=O) groups excluding carboxylic acids is 1. The van der Waals surface area contributed by atoms with Gasteiger partial charge in [-0.1, -0.05) is 26.0 Å². The second-order valence-corrected chi connectivity index (χ2v) is 8.54. The number of benzene rings is 2. The predicted molar refractivity (Wildman–Crippen MR) is 111 cm³/mol. The van der Waals surface area contributed by atoms with Crippen LogP contribution in [0.5, 0.6) is 5.75 Å². The maximum atomic E-state index is 12.6. The van der Waals surface area contributed by atoms with Crippen LogP contribution in [0.4, 0.5) is 5.69 Å². The molecular formula is C21H28N2O4S. The van der Waals surface area contributed by atoms with Crippen molar-refractivity contribution in [1.82, 2.24) is 4.31 Å². The summed E-state index contributed by atoms with van der Waals surface area (Å²) in [5, 5.41) is 2.84. The molecule has 0 aliphatic heterocycles. The minimum Gasteiger partial charge on any atom is -0.483 e. The normalized spacial score (nSPS) is 11.5. The van der Waals surface area contributed by atoms with Gasteiger partial charge in [0.1, 0.15) is 5.75 Å². The first-order chi connectivity index (χ1) is 13.2. The van der Waals surface area contributed by atoms with Crippen molar-refractivity contribution in [2.24, 2.45) is 0 Å². The SMILES string of the molecule is CCN(CC)S(=O)(=O)c1ccc(OCC(=O)Nc2cccc(C)c2C)c(C)c1. The topological polar surface area (TPSA) is 75.7 Å². The van der Waals surface area contributed by atoms with Gasteiger partial charge in [0, 0.05) is 18.8 Å². The number of anilines is 1. The molecule has 0 spiro atoms. The van der Waals surface area contributed by atoms with Crippen LogP contribution in [0.1, 0.15) is 30.5 Å². The molecule has 0 heterocycles. The fourth-order valence-electron chi connectivity index (χ4n) is 2.87. The molecule has 2 aromatic rings. The predicted octanol–water partition coefficient (Wildman–Crippen LogP) is 3.66. The third kappa shape index (κ3) is 4.91. The van der Waals surface area contributed by atoms with Gasteiger partial charge in [-0.3, -0.25) is 4.79 Å². The molecule has 152 valence electrons. The van der Waals surface area contributed by atoms with Crippen LogP contribution in [-0.2, 0) is 14.8 Å². The van der Waals surface area contributed by atoms with Crippen molar-refractivity contribution in [2.45, 2.75) is 39.5 Å².